The molecule has 0 amide bonds. The number of hydrogen-bond donors (Lipinski definition) is 2. The fourth-order valence-corrected chi connectivity index (χ4v) is 2.81. The van der Waals surface area contributed by atoms with E-state index in [0.717, 1.165) is 43.7 Å². The highest BCUT2D eigenvalue weighted by Crippen LogP contribution is 2.29. The number of nitrogens with zero attached hydrogens (tertiary/aromatic N) is 1. The summed E-state index contributed by atoms with van der Waals surface area (Å²) in [6, 6.07) is 5.27. The molecule has 0 bridgehead atoms. The Morgan fingerprint density at radius 1 is 1.50 bits per heavy atom. The minimum Gasteiger partial charge on any atom is -0.393 e. The highest BCUT2D eigenvalue weighted by molar-refractivity contribution is 5.55. The normalized spacial score (nSPS) is 20.4. The molecular weight excluding hydrogens is 255 g/mol. The first kappa shape index (κ1) is 15.3. The molecule has 2 rings (SSSR count). The number of anilines is 1. The minimum absolute atomic E-state index is 0.147. The van der Waals surface area contributed by atoms with Crippen LogP contribution in [0.5, 0.6) is 0 Å². The Morgan fingerprint density at radius 2 is 2.30 bits per heavy atom. The van der Waals surface area contributed by atoms with Gasteiger partial charge in [0, 0.05) is 36.8 Å². The Balaban J connectivity index is 2.13. The third-order valence-electron chi connectivity index (χ3n) is 4.07. The van der Waals surface area contributed by atoms with Gasteiger partial charge in [-0.3, -0.25) is 0 Å². The molecular formula is C16H25FN2O. The van der Waals surface area contributed by atoms with Crippen LogP contribution in [-0.4, -0.2) is 30.8 Å². The molecule has 1 heterocycles. The lowest BCUT2D eigenvalue weighted by Crippen LogP contribution is -2.26. The summed E-state index contributed by atoms with van der Waals surface area (Å²) in [5.41, 5.74) is 1.71. The molecule has 1 aromatic rings. The molecule has 112 valence electrons. The van der Waals surface area contributed by atoms with E-state index in [1.54, 1.807) is 6.07 Å². The molecule has 3 nitrogen and oxygen atoms in total. The Labute approximate surface area is 120 Å². The average molecular weight is 280 g/mol. The summed E-state index contributed by atoms with van der Waals surface area (Å²) in [5, 5.41) is 13.0. The SMILES string of the molecule is CCCNCc1c(F)cccc1N1CCC(C(C)O)C1. The average Bonchev–Trinajstić information content (AvgIpc) is 2.90. The Morgan fingerprint density at radius 3 is 2.95 bits per heavy atom. The van der Waals surface area contributed by atoms with Crippen molar-refractivity contribution >= 4 is 5.69 Å². The summed E-state index contributed by atoms with van der Waals surface area (Å²) in [7, 11) is 0. The van der Waals surface area contributed by atoms with Crippen LogP contribution in [0.1, 0.15) is 32.3 Å². The minimum atomic E-state index is -0.296. The largest absolute Gasteiger partial charge is 0.393 e. The molecule has 0 aromatic heterocycles. The van der Waals surface area contributed by atoms with Crippen molar-refractivity contribution in [2.24, 2.45) is 5.92 Å². The summed E-state index contributed by atoms with van der Waals surface area (Å²) >= 11 is 0. The topological polar surface area (TPSA) is 35.5 Å². The smallest absolute Gasteiger partial charge is 0.129 e. The molecule has 2 unspecified atom stereocenters. The number of aliphatic hydroxyl groups is 1. The van der Waals surface area contributed by atoms with E-state index in [1.807, 2.05) is 13.0 Å². The van der Waals surface area contributed by atoms with Crippen LogP contribution in [0.4, 0.5) is 10.1 Å². The second kappa shape index (κ2) is 7.04. The fourth-order valence-electron chi connectivity index (χ4n) is 2.81. The van der Waals surface area contributed by atoms with Gasteiger partial charge in [0.15, 0.2) is 0 Å². The van der Waals surface area contributed by atoms with Gasteiger partial charge in [-0.15, -0.1) is 0 Å². The summed E-state index contributed by atoms with van der Waals surface area (Å²) in [5.74, 6) is 0.140. The van der Waals surface area contributed by atoms with Crippen molar-refractivity contribution in [1.82, 2.24) is 5.32 Å². The first-order valence-corrected chi connectivity index (χ1v) is 7.54. The molecule has 0 radical (unpaired) electrons. The molecule has 1 aliphatic rings. The highest BCUT2D eigenvalue weighted by atomic mass is 19.1. The molecule has 0 spiro atoms. The summed E-state index contributed by atoms with van der Waals surface area (Å²) in [6.45, 7) is 7.09. The second-order valence-electron chi connectivity index (χ2n) is 5.65. The van der Waals surface area contributed by atoms with Crippen molar-refractivity contribution in [3.8, 4) is 0 Å². The first-order chi connectivity index (χ1) is 9.63. The molecule has 0 saturated carbocycles. The molecule has 0 aliphatic carbocycles. The van der Waals surface area contributed by atoms with Crippen molar-refractivity contribution in [2.75, 3.05) is 24.5 Å². The number of benzene rings is 1. The van der Waals surface area contributed by atoms with Crippen LogP contribution in [-0.2, 0) is 6.54 Å². The lowest BCUT2D eigenvalue weighted by Gasteiger charge is -2.23. The van der Waals surface area contributed by atoms with Crippen molar-refractivity contribution in [2.45, 2.75) is 39.3 Å². The van der Waals surface area contributed by atoms with Crippen LogP contribution < -0.4 is 10.2 Å². The zero-order valence-electron chi connectivity index (χ0n) is 12.4. The zero-order valence-corrected chi connectivity index (χ0v) is 12.4. The van der Waals surface area contributed by atoms with Gasteiger partial charge in [-0.2, -0.15) is 0 Å². The van der Waals surface area contributed by atoms with Crippen LogP contribution in [0.25, 0.3) is 0 Å². The number of nitrogens with one attached hydrogen (secondary N) is 1. The molecule has 4 heteroatoms. The Bertz CT molecular complexity index is 436. The van der Waals surface area contributed by atoms with Crippen molar-refractivity contribution < 1.29 is 9.50 Å². The molecule has 1 fully saturated rings. The van der Waals surface area contributed by atoms with E-state index in [4.69, 9.17) is 0 Å². The van der Waals surface area contributed by atoms with Gasteiger partial charge in [-0.1, -0.05) is 13.0 Å². The summed E-state index contributed by atoms with van der Waals surface area (Å²) < 4.78 is 14.1. The molecule has 20 heavy (non-hydrogen) atoms. The summed E-state index contributed by atoms with van der Waals surface area (Å²) in [4.78, 5) is 2.20. The molecule has 1 aliphatic heterocycles. The van der Waals surface area contributed by atoms with Crippen molar-refractivity contribution in [3.63, 3.8) is 0 Å². The lowest BCUT2D eigenvalue weighted by atomic mass is 10.0. The Kier molecular flexibility index (Phi) is 5.38. The van der Waals surface area contributed by atoms with E-state index in [2.05, 4.69) is 17.1 Å². The van der Waals surface area contributed by atoms with Gasteiger partial charge in [0.05, 0.1) is 6.10 Å². The van der Waals surface area contributed by atoms with Gasteiger partial charge in [0.1, 0.15) is 5.82 Å². The summed E-state index contributed by atoms with van der Waals surface area (Å²) in [6.07, 6.45) is 1.71. The van der Waals surface area contributed by atoms with Crippen molar-refractivity contribution in [1.29, 1.82) is 0 Å². The van der Waals surface area contributed by atoms with E-state index in [9.17, 15) is 9.50 Å². The van der Waals surface area contributed by atoms with E-state index >= 15 is 0 Å². The number of aliphatic hydroxyl groups excluding tert-OH is 1. The van der Waals surface area contributed by atoms with Gasteiger partial charge in [0.2, 0.25) is 0 Å². The van der Waals surface area contributed by atoms with Gasteiger partial charge in [-0.25, -0.2) is 4.39 Å². The van der Waals surface area contributed by atoms with Crippen LogP contribution in [0.3, 0.4) is 0 Å². The van der Waals surface area contributed by atoms with Gasteiger partial charge >= 0.3 is 0 Å². The first-order valence-electron chi connectivity index (χ1n) is 7.54. The maximum absolute atomic E-state index is 14.1. The zero-order chi connectivity index (χ0) is 14.5. The number of halogens is 1. The van der Waals surface area contributed by atoms with Crippen molar-refractivity contribution in [3.05, 3.63) is 29.6 Å². The molecule has 1 aromatic carbocycles. The fraction of sp³-hybridized carbons (Fsp3) is 0.625. The van der Waals surface area contributed by atoms with E-state index in [0.29, 0.717) is 6.54 Å². The van der Waals surface area contributed by atoms with Crippen LogP contribution >= 0.6 is 0 Å². The maximum Gasteiger partial charge on any atom is 0.129 e. The predicted molar refractivity (Wildman–Crippen MR) is 80.4 cm³/mol. The van der Waals surface area contributed by atoms with E-state index in [-0.39, 0.29) is 17.8 Å². The van der Waals surface area contributed by atoms with Gasteiger partial charge in [-0.05, 0) is 38.4 Å². The maximum atomic E-state index is 14.1. The standard InChI is InChI=1S/C16H25FN2O/c1-3-8-18-10-14-15(17)5-4-6-16(14)19-9-7-13(11-19)12(2)20/h4-6,12-13,18,20H,3,7-11H2,1-2H3. The lowest BCUT2D eigenvalue weighted by molar-refractivity contribution is 0.136. The predicted octanol–water partition coefficient (Wildman–Crippen LogP) is 2.53. The highest BCUT2D eigenvalue weighted by Gasteiger charge is 2.27. The van der Waals surface area contributed by atoms with Gasteiger partial charge < -0.3 is 15.3 Å². The van der Waals surface area contributed by atoms with Gasteiger partial charge in [0.25, 0.3) is 0 Å². The number of hydrogen-bond acceptors (Lipinski definition) is 3. The van der Waals surface area contributed by atoms with Crippen LogP contribution in [0.2, 0.25) is 0 Å². The number of rotatable bonds is 6. The van der Waals surface area contributed by atoms with E-state index < -0.39 is 0 Å². The molecule has 2 atom stereocenters. The quantitative estimate of drug-likeness (QED) is 0.786. The second-order valence-corrected chi connectivity index (χ2v) is 5.65. The van der Waals surface area contributed by atoms with Crippen LogP contribution in [0, 0.1) is 11.7 Å². The Hall–Kier alpha value is -1.13. The monoisotopic (exact) mass is 280 g/mol. The molecule has 1 saturated heterocycles. The third-order valence-corrected chi connectivity index (χ3v) is 4.07. The van der Waals surface area contributed by atoms with Crippen LogP contribution in [0.15, 0.2) is 18.2 Å². The van der Waals surface area contributed by atoms with E-state index in [1.165, 1.54) is 6.07 Å². The molecule has 2 N–H and O–H groups in total. The third kappa shape index (κ3) is 3.49.